The number of ether oxygens (including phenoxy) is 1. The first-order valence-corrected chi connectivity index (χ1v) is 9.86. The van der Waals surface area contributed by atoms with Crippen LogP contribution in [0, 0.1) is 0 Å². The third kappa shape index (κ3) is 4.62. The van der Waals surface area contributed by atoms with E-state index in [1.807, 2.05) is 48.2 Å². The van der Waals surface area contributed by atoms with Gasteiger partial charge in [-0.2, -0.15) is 11.8 Å². The fraction of sp³-hybridized carbons (Fsp3) is 0.526. The molecule has 2 aliphatic heterocycles. The zero-order valence-corrected chi connectivity index (χ0v) is 14.9. The van der Waals surface area contributed by atoms with Crippen molar-refractivity contribution in [1.82, 2.24) is 10.2 Å². The highest BCUT2D eigenvalue weighted by atomic mass is 32.2. The van der Waals surface area contributed by atoms with Crippen LogP contribution in [-0.4, -0.2) is 60.7 Å². The Hall–Kier alpha value is -1.30. The van der Waals surface area contributed by atoms with E-state index in [4.69, 9.17) is 4.74 Å². The van der Waals surface area contributed by atoms with Gasteiger partial charge >= 0.3 is 0 Å². The highest BCUT2D eigenvalue weighted by Crippen LogP contribution is 2.29. The predicted molar refractivity (Wildman–Crippen MR) is 100 cm³/mol. The quantitative estimate of drug-likeness (QED) is 0.832. The minimum absolute atomic E-state index is 0.0175. The second kappa shape index (κ2) is 8.70. The molecular formula is C19H26N2O2S. The van der Waals surface area contributed by atoms with E-state index < -0.39 is 0 Å². The van der Waals surface area contributed by atoms with Gasteiger partial charge in [0.2, 0.25) is 5.91 Å². The maximum Gasteiger partial charge on any atom is 0.244 e. The Morgan fingerprint density at radius 1 is 1.21 bits per heavy atom. The molecule has 0 aliphatic carbocycles. The number of amides is 1. The summed E-state index contributed by atoms with van der Waals surface area (Å²) in [6.45, 7) is 4.51. The molecule has 0 atom stereocenters. The lowest BCUT2D eigenvalue weighted by molar-refractivity contribution is -0.117. The van der Waals surface area contributed by atoms with Crippen LogP contribution in [-0.2, 0) is 9.53 Å². The summed E-state index contributed by atoms with van der Waals surface area (Å²) < 4.78 is 5.57. The number of benzene rings is 1. The summed E-state index contributed by atoms with van der Waals surface area (Å²) in [4.78, 5) is 14.8. The van der Waals surface area contributed by atoms with Crippen LogP contribution in [0.5, 0.6) is 0 Å². The molecule has 24 heavy (non-hydrogen) atoms. The van der Waals surface area contributed by atoms with E-state index >= 15 is 0 Å². The molecule has 5 heteroatoms. The van der Waals surface area contributed by atoms with Crippen molar-refractivity contribution in [3.05, 3.63) is 42.0 Å². The minimum atomic E-state index is -0.0175. The second-order valence-corrected chi connectivity index (χ2v) is 7.62. The summed E-state index contributed by atoms with van der Waals surface area (Å²) in [5.41, 5.74) is 1.11. The Labute approximate surface area is 148 Å². The van der Waals surface area contributed by atoms with Crippen molar-refractivity contribution >= 4 is 23.7 Å². The first kappa shape index (κ1) is 17.5. The lowest BCUT2D eigenvalue weighted by Crippen LogP contribution is -2.60. The average Bonchev–Trinajstić information content (AvgIpc) is 2.67. The van der Waals surface area contributed by atoms with Crippen molar-refractivity contribution in [2.45, 2.75) is 18.4 Å². The highest BCUT2D eigenvalue weighted by molar-refractivity contribution is 7.99. The maximum absolute atomic E-state index is 12.2. The van der Waals surface area contributed by atoms with Gasteiger partial charge in [0.1, 0.15) is 0 Å². The highest BCUT2D eigenvalue weighted by Gasteiger charge is 2.39. The standard InChI is InChI=1S/C19H26N2O2S/c22-18(7-6-17-4-2-1-3-5-17)20-16-19(8-12-23-13-9-19)21-10-14-24-15-11-21/h1-7H,8-16H2,(H,20,22). The number of hydrogen-bond donors (Lipinski definition) is 1. The van der Waals surface area contributed by atoms with Crippen molar-refractivity contribution in [3.63, 3.8) is 0 Å². The summed E-state index contributed by atoms with van der Waals surface area (Å²) in [6.07, 6.45) is 5.50. The van der Waals surface area contributed by atoms with E-state index in [1.165, 1.54) is 11.5 Å². The molecule has 130 valence electrons. The SMILES string of the molecule is O=C(C=Cc1ccccc1)NCC1(N2CCSCC2)CCOCC1. The van der Waals surface area contributed by atoms with Crippen LogP contribution in [0.4, 0.5) is 0 Å². The number of nitrogens with one attached hydrogen (secondary N) is 1. The largest absolute Gasteiger partial charge is 0.381 e. The molecule has 0 saturated carbocycles. The number of thioether (sulfide) groups is 1. The smallest absolute Gasteiger partial charge is 0.244 e. The Balaban J connectivity index is 1.58. The first-order valence-electron chi connectivity index (χ1n) is 8.70. The summed E-state index contributed by atoms with van der Waals surface area (Å²) in [5.74, 6) is 2.35. The van der Waals surface area contributed by atoms with Crippen LogP contribution < -0.4 is 5.32 Å². The fourth-order valence-corrected chi connectivity index (χ4v) is 4.34. The van der Waals surface area contributed by atoms with Crippen LogP contribution >= 0.6 is 11.8 Å². The van der Waals surface area contributed by atoms with Crippen molar-refractivity contribution in [3.8, 4) is 0 Å². The van der Waals surface area contributed by atoms with Crippen LogP contribution in [0.3, 0.4) is 0 Å². The average molecular weight is 346 g/mol. The van der Waals surface area contributed by atoms with Crippen molar-refractivity contribution < 1.29 is 9.53 Å². The molecule has 0 bridgehead atoms. The molecule has 3 rings (SSSR count). The first-order chi connectivity index (χ1) is 11.8. The number of rotatable bonds is 5. The third-order valence-corrected chi connectivity index (χ3v) is 5.87. The molecule has 2 saturated heterocycles. The van der Waals surface area contributed by atoms with Crippen LogP contribution in [0.1, 0.15) is 18.4 Å². The summed E-state index contributed by atoms with van der Waals surface area (Å²) >= 11 is 2.02. The molecule has 0 aromatic heterocycles. The van der Waals surface area contributed by atoms with E-state index in [1.54, 1.807) is 6.08 Å². The van der Waals surface area contributed by atoms with Gasteiger partial charge in [0, 0.05) is 56.0 Å². The Bertz CT molecular complexity index is 550. The molecule has 1 N–H and O–H groups in total. The van der Waals surface area contributed by atoms with E-state index in [0.717, 1.165) is 44.7 Å². The molecular weight excluding hydrogens is 320 g/mol. The second-order valence-electron chi connectivity index (χ2n) is 6.40. The molecule has 0 spiro atoms. The Morgan fingerprint density at radius 2 is 1.92 bits per heavy atom. The van der Waals surface area contributed by atoms with Gasteiger partial charge in [0.25, 0.3) is 0 Å². The molecule has 1 amide bonds. The van der Waals surface area contributed by atoms with Gasteiger partial charge in [-0.3, -0.25) is 9.69 Å². The van der Waals surface area contributed by atoms with Gasteiger partial charge in [0.05, 0.1) is 0 Å². The monoisotopic (exact) mass is 346 g/mol. The zero-order valence-electron chi connectivity index (χ0n) is 14.1. The number of carbonyl (C=O) groups excluding carboxylic acids is 1. The lowest BCUT2D eigenvalue weighted by Gasteiger charge is -2.47. The van der Waals surface area contributed by atoms with Crippen LogP contribution in [0.15, 0.2) is 36.4 Å². The molecule has 0 unspecified atom stereocenters. The van der Waals surface area contributed by atoms with Crippen LogP contribution in [0.25, 0.3) is 6.08 Å². The fourth-order valence-electron chi connectivity index (χ4n) is 3.44. The van der Waals surface area contributed by atoms with Crippen molar-refractivity contribution in [2.75, 3.05) is 44.4 Å². The summed E-state index contributed by atoms with van der Waals surface area (Å²) in [7, 11) is 0. The van der Waals surface area contributed by atoms with Crippen LogP contribution in [0.2, 0.25) is 0 Å². The molecule has 2 heterocycles. The predicted octanol–water partition coefficient (Wildman–Crippen LogP) is 2.41. The molecule has 1 aromatic carbocycles. The van der Waals surface area contributed by atoms with Gasteiger partial charge in [-0.25, -0.2) is 0 Å². The van der Waals surface area contributed by atoms with Gasteiger partial charge in [-0.05, 0) is 24.5 Å². The molecule has 2 aliphatic rings. The maximum atomic E-state index is 12.2. The Morgan fingerprint density at radius 3 is 2.62 bits per heavy atom. The minimum Gasteiger partial charge on any atom is -0.381 e. The van der Waals surface area contributed by atoms with E-state index in [-0.39, 0.29) is 11.4 Å². The zero-order chi connectivity index (χ0) is 16.7. The van der Waals surface area contributed by atoms with Crippen molar-refractivity contribution in [1.29, 1.82) is 0 Å². The molecule has 2 fully saturated rings. The molecule has 4 nitrogen and oxygen atoms in total. The third-order valence-electron chi connectivity index (χ3n) is 4.92. The van der Waals surface area contributed by atoms with Gasteiger partial charge in [-0.15, -0.1) is 0 Å². The summed E-state index contributed by atoms with van der Waals surface area (Å²) in [5, 5.41) is 3.13. The molecule has 0 radical (unpaired) electrons. The normalized spacial score (nSPS) is 21.7. The number of carbonyl (C=O) groups is 1. The topological polar surface area (TPSA) is 41.6 Å². The van der Waals surface area contributed by atoms with E-state index in [0.29, 0.717) is 6.54 Å². The Kier molecular flexibility index (Phi) is 6.35. The number of nitrogens with zero attached hydrogens (tertiary/aromatic N) is 1. The van der Waals surface area contributed by atoms with E-state index in [2.05, 4.69) is 10.2 Å². The van der Waals surface area contributed by atoms with Gasteiger partial charge in [-0.1, -0.05) is 30.3 Å². The number of hydrogen-bond acceptors (Lipinski definition) is 4. The van der Waals surface area contributed by atoms with Gasteiger partial charge in [0.15, 0.2) is 0 Å². The molecule has 1 aromatic rings. The summed E-state index contributed by atoms with van der Waals surface area (Å²) in [6, 6.07) is 9.92. The van der Waals surface area contributed by atoms with Gasteiger partial charge < -0.3 is 10.1 Å². The van der Waals surface area contributed by atoms with Crippen molar-refractivity contribution in [2.24, 2.45) is 0 Å². The lowest BCUT2D eigenvalue weighted by atomic mass is 9.87. The van der Waals surface area contributed by atoms with E-state index in [9.17, 15) is 4.79 Å².